The van der Waals surface area contributed by atoms with Gasteiger partial charge in [0.2, 0.25) is 0 Å². The molecule has 9 heteroatoms. The maximum atomic E-state index is 13.6. The molecule has 0 unspecified atom stereocenters. The molecule has 0 bridgehead atoms. The summed E-state index contributed by atoms with van der Waals surface area (Å²) in [7, 11) is 1.27. The Morgan fingerprint density at radius 2 is 1.59 bits per heavy atom. The van der Waals surface area contributed by atoms with Crippen molar-refractivity contribution >= 4 is 20.2 Å². The average molecular weight is 500 g/mol. The molecular weight excluding hydrogens is 489 g/mol. The Kier molecular flexibility index (Phi) is 5.07. The van der Waals surface area contributed by atoms with Crippen molar-refractivity contribution in [1.82, 2.24) is 0 Å². The molecular formula is C18H11F6IO2. The first kappa shape index (κ1) is 19.8. The van der Waals surface area contributed by atoms with Gasteiger partial charge in [0.25, 0.3) is 0 Å². The van der Waals surface area contributed by atoms with Gasteiger partial charge in [0.1, 0.15) is 0 Å². The van der Waals surface area contributed by atoms with E-state index in [2.05, 4.69) is 9.85 Å². The number of alkyl halides is 6. The van der Waals surface area contributed by atoms with E-state index in [1.54, 1.807) is 30.3 Å². The molecule has 27 heavy (non-hydrogen) atoms. The SMILES string of the molecule is COc1ccc2c(c1)I(C#Cc1ccccc1)OC2(C(F)(F)F)C(F)(F)F. The molecule has 2 aromatic rings. The molecule has 0 aromatic heterocycles. The van der Waals surface area contributed by atoms with E-state index in [0.29, 0.717) is 5.56 Å². The van der Waals surface area contributed by atoms with E-state index >= 15 is 0 Å². The molecule has 0 saturated heterocycles. The minimum atomic E-state index is -5.69. The number of hydrogen-bond acceptors (Lipinski definition) is 2. The summed E-state index contributed by atoms with van der Waals surface area (Å²) in [5.41, 5.74) is -4.87. The van der Waals surface area contributed by atoms with Crippen LogP contribution in [0.1, 0.15) is 11.1 Å². The van der Waals surface area contributed by atoms with E-state index < -0.39 is 43.8 Å². The third kappa shape index (κ3) is 3.36. The second kappa shape index (κ2) is 6.91. The summed E-state index contributed by atoms with van der Waals surface area (Å²) in [6.45, 7) is 0. The average Bonchev–Trinajstić information content (AvgIpc) is 2.95. The second-order valence-electron chi connectivity index (χ2n) is 5.43. The van der Waals surface area contributed by atoms with Crippen molar-refractivity contribution in [3.63, 3.8) is 0 Å². The molecule has 0 atom stereocenters. The minimum absolute atomic E-state index is 0.140. The van der Waals surface area contributed by atoms with Crippen LogP contribution < -0.4 is 4.74 Å². The zero-order valence-corrected chi connectivity index (χ0v) is 15.7. The Hall–Kier alpha value is -1.93. The first-order valence-corrected chi connectivity index (χ1v) is 10.4. The van der Waals surface area contributed by atoms with Gasteiger partial charge in [0.05, 0.1) is 0 Å². The fraction of sp³-hybridized carbons (Fsp3) is 0.222. The van der Waals surface area contributed by atoms with Gasteiger partial charge in [0, 0.05) is 0 Å². The molecule has 2 nitrogen and oxygen atoms in total. The summed E-state index contributed by atoms with van der Waals surface area (Å²) in [5, 5.41) is 0. The molecule has 1 heterocycles. The summed E-state index contributed by atoms with van der Waals surface area (Å²) in [4.78, 5) is 0. The number of fused-ring (bicyclic) bond motifs is 1. The summed E-state index contributed by atoms with van der Waals surface area (Å²) in [6.07, 6.45) is -11.4. The Bertz CT molecular complexity index is 882. The number of benzene rings is 2. The monoisotopic (exact) mass is 500 g/mol. The fourth-order valence-electron chi connectivity index (χ4n) is 2.49. The molecule has 0 N–H and O–H groups in total. The van der Waals surface area contributed by atoms with E-state index in [-0.39, 0.29) is 9.32 Å². The predicted molar refractivity (Wildman–Crippen MR) is 93.9 cm³/mol. The number of halogens is 7. The molecule has 0 spiro atoms. The molecule has 0 aliphatic carbocycles. The number of hydrogen-bond donors (Lipinski definition) is 0. The third-order valence-corrected chi connectivity index (χ3v) is 7.59. The van der Waals surface area contributed by atoms with Crippen molar-refractivity contribution < 1.29 is 34.1 Å². The summed E-state index contributed by atoms with van der Waals surface area (Å²) >= 11 is -3.61. The molecule has 1 aliphatic heterocycles. The zero-order valence-electron chi connectivity index (χ0n) is 13.6. The normalized spacial score (nSPS) is 17.1. The maximum absolute atomic E-state index is 13.6. The van der Waals surface area contributed by atoms with Crippen molar-refractivity contribution in [1.29, 1.82) is 0 Å². The molecule has 1 aliphatic rings. The van der Waals surface area contributed by atoms with Crippen molar-refractivity contribution in [3.8, 4) is 15.6 Å². The molecule has 3 rings (SSSR count). The molecule has 0 radical (unpaired) electrons. The van der Waals surface area contributed by atoms with E-state index in [0.717, 1.165) is 18.2 Å². The van der Waals surface area contributed by atoms with Crippen LogP contribution in [0.3, 0.4) is 0 Å². The Morgan fingerprint density at radius 1 is 0.963 bits per heavy atom. The third-order valence-electron chi connectivity index (χ3n) is 3.78. The standard InChI is InChI=1S/C18H11F6IO2/c1-26-13-7-8-14-15(11-13)25(10-9-12-5-3-2-4-6-12)27-16(14,17(19,20)21)18(22,23)24/h2-8,11H,1H3. The van der Waals surface area contributed by atoms with E-state index in [1.807, 2.05) is 0 Å². The van der Waals surface area contributed by atoms with Crippen LogP contribution in [-0.2, 0) is 8.67 Å². The van der Waals surface area contributed by atoms with Gasteiger partial charge in [-0.2, -0.15) is 0 Å². The van der Waals surface area contributed by atoms with Gasteiger partial charge in [-0.05, 0) is 0 Å². The van der Waals surface area contributed by atoms with Crippen LogP contribution in [-0.4, -0.2) is 19.5 Å². The van der Waals surface area contributed by atoms with Crippen LogP contribution in [0.25, 0.3) is 0 Å². The van der Waals surface area contributed by atoms with Gasteiger partial charge >= 0.3 is 158 Å². The molecule has 0 amide bonds. The number of ether oxygens (including phenoxy) is 1. The van der Waals surface area contributed by atoms with Crippen LogP contribution >= 0.6 is 20.2 Å². The first-order chi connectivity index (χ1) is 12.6. The van der Waals surface area contributed by atoms with Crippen molar-refractivity contribution in [3.05, 3.63) is 63.2 Å². The van der Waals surface area contributed by atoms with Crippen LogP contribution in [0.5, 0.6) is 5.75 Å². The first-order valence-electron chi connectivity index (χ1n) is 7.38. The van der Waals surface area contributed by atoms with Gasteiger partial charge in [-0.1, -0.05) is 0 Å². The number of rotatable bonds is 1. The summed E-state index contributed by atoms with van der Waals surface area (Å²) in [6, 6.07) is 11.2. The van der Waals surface area contributed by atoms with Crippen LogP contribution in [0.2, 0.25) is 0 Å². The Balaban J connectivity index is 2.18. The second-order valence-corrected chi connectivity index (χ2v) is 9.00. The van der Waals surface area contributed by atoms with E-state index in [4.69, 9.17) is 7.80 Å². The van der Waals surface area contributed by atoms with E-state index in [1.165, 1.54) is 7.11 Å². The fourth-order valence-corrected chi connectivity index (χ4v) is 6.76. The van der Waals surface area contributed by atoms with Gasteiger partial charge in [-0.15, -0.1) is 0 Å². The van der Waals surface area contributed by atoms with Gasteiger partial charge in [0.15, 0.2) is 0 Å². The quantitative estimate of drug-likeness (QED) is 0.287. The Labute approximate surface area is 158 Å². The molecule has 0 fully saturated rings. The summed E-state index contributed by atoms with van der Waals surface area (Å²) in [5.74, 6) is 2.76. The van der Waals surface area contributed by atoms with Gasteiger partial charge in [-0.3, -0.25) is 0 Å². The van der Waals surface area contributed by atoms with Crippen molar-refractivity contribution in [2.45, 2.75) is 18.0 Å². The van der Waals surface area contributed by atoms with Crippen LogP contribution in [0.15, 0.2) is 48.5 Å². The van der Waals surface area contributed by atoms with Crippen molar-refractivity contribution in [2.24, 2.45) is 0 Å². The molecule has 144 valence electrons. The van der Waals surface area contributed by atoms with Crippen LogP contribution in [0, 0.1) is 13.4 Å². The van der Waals surface area contributed by atoms with Gasteiger partial charge < -0.3 is 0 Å². The Morgan fingerprint density at radius 3 is 2.15 bits per heavy atom. The molecule has 2 aromatic carbocycles. The van der Waals surface area contributed by atoms with Crippen molar-refractivity contribution in [2.75, 3.05) is 7.11 Å². The van der Waals surface area contributed by atoms with E-state index in [9.17, 15) is 26.3 Å². The zero-order chi connectivity index (χ0) is 19.9. The topological polar surface area (TPSA) is 18.5 Å². The number of methoxy groups -OCH3 is 1. The van der Waals surface area contributed by atoms with Crippen LogP contribution in [0.4, 0.5) is 26.3 Å². The predicted octanol–water partition coefficient (Wildman–Crippen LogP) is 5.65. The van der Waals surface area contributed by atoms with Gasteiger partial charge in [-0.25, -0.2) is 0 Å². The molecule has 0 saturated carbocycles. The summed E-state index contributed by atoms with van der Waals surface area (Å²) < 4.78 is 93.7.